The molecule has 2 rings (SSSR count). The number of hydrogen-bond donors (Lipinski definition) is 1. The third-order valence-electron chi connectivity index (χ3n) is 3.42. The minimum absolute atomic E-state index is 0.139. The predicted molar refractivity (Wildman–Crippen MR) is 69.1 cm³/mol. The fraction of sp³-hybridized carbons (Fsp3) is 0.667. The third kappa shape index (κ3) is 2.48. The van der Waals surface area contributed by atoms with Gasteiger partial charge in [-0.1, -0.05) is 6.92 Å². The molecule has 0 aliphatic carbocycles. The van der Waals surface area contributed by atoms with Gasteiger partial charge in [0.1, 0.15) is 0 Å². The molecule has 1 aliphatic rings. The molecule has 0 aromatic carbocycles. The molecule has 1 atom stereocenters. The average molecular weight is 252 g/mol. The summed E-state index contributed by atoms with van der Waals surface area (Å²) in [5.74, 6) is 1.67. The van der Waals surface area contributed by atoms with Crippen LogP contribution in [0.1, 0.15) is 13.3 Å². The Kier molecular flexibility index (Phi) is 3.56. The standard InChI is InChI=1S/C12H20N4O2/c1-12(7-13)4-5-16(8-12)11-14-9(17-2)6-10(15-11)18-3/h6H,4-5,7-8,13H2,1-3H3. The Bertz CT molecular complexity index is 404. The molecular formula is C12H20N4O2. The topological polar surface area (TPSA) is 73.5 Å². The van der Waals surface area contributed by atoms with Crippen molar-refractivity contribution in [2.24, 2.45) is 11.1 Å². The molecule has 0 amide bonds. The Hall–Kier alpha value is -1.56. The second-order valence-corrected chi connectivity index (χ2v) is 4.94. The quantitative estimate of drug-likeness (QED) is 0.849. The average Bonchev–Trinajstić information content (AvgIpc) is 2.81. The Morgan fingerprint density at radius 3 is 2.39 bits per heavy atom. The fourth-order valence-corrected chi connectivity index (χ4v) is 2.10. The molecule has 0 spiro atoms. The van der Waals surface area contributed by atoms with Crippen molar-refractivity contribution >= 4 is 5.95 Å². The van der Waals surface area contributed by atoms with Crippen molar-refractivity contribution in [1.82, 2.24) is 9.97 Å². The lowest BCUT2D eigenvalue weighted by atomic mass is 9.90. The number of rotatable bonds is 4. The second kappa shape index (κ2) is 4.97. The van der Waals surface area contributed by atoms with Crippen LogP contribution in [0.2, 0.25) is 0 Å². The van der Waals surface area contributed by atoms with E-state index in [0.29, 0.717) is 24.3 Å². The molecule has 0 bridgehead atoms. The molecule has 1 saturated heterocycles. The van der Waals surface area contributed by atoms with E-state index in [9.17, 15) is 0 Å². The zero-order chi connectivity index (χ0) is 13.2. The summed E-state index contributed by atoms with van der Waals surface area (Å²) >= 11 is 0. The van der Waals surface area contributed by atoms with Gasteiger partial charge in [-0.25, -0.2) is 0 Å². The zero-order valence-electron chi connectivity index (χ0n) is 11.1. The third-order valence-corrected chi connectivity index (χ3v) is 3.42. The smallest absolute Gasteiger partial charge is 0.231 e. The fourth-order valence-electron chi connectivity index (χ4n) is 2.10. The van der Waals surface area contributed by atoms with E-state index in [0.717, 1.165) is 19.5 Å². The summed E-state index contributed by atoms with van der Waals surface area (Å²) in [6, 6.07) is 1.67. The van der Waals surface area contributed by atoms with Crippen molar-refractivity contribution in [2.75, 3.05) is 38.8 Å². The van der Waals surface area contributed by atoms with Gasteiger partial charge in [-0.05, 0) is 18.4 Å². The number of hydrogen-bond acceptors (Lipinski definition) is 6. The Morgan fingerprint density at radius 2 is 1.94 bits per heavy atom. The molecule has 2 N–H and O–H groups in total. The van der Waals surface area contributed by atoms with Crippen molar-refractivity contribution in [1.29, 1.82) is 0 Å². The zero-order valence-corrected chi connectivity index (χ0v) is 11.1. The second-order valence-electron chi connectivity index (χ2n) is 4.94. The highest BCUT2D eigenvalue weighted by atomic mass is 16.5. The highest BCUT2D eigenvalue weighted by Crippen LogP contribution is 2.32. The summed E-state index contributed by atoms with van der Waals surface area (Å²) < 4.78 is 10.3. The summed E-state index contributed by atoms with van der Waals surface area (Å²) in [5.41, 5.74) is 5.94. The number of aromatic nitrogens is 2. The maximum atomic E-state index is 5.80. The van der Waals surface area contributed by atoms with Gasteiger partial charge in [-0.15, -0.1) is 0 Å². The van der Waals surface area contributed by atoms with Gasteiger partial charge < -0.3 is 20.1 Å². The van der Waals surface area contributed by atoms with Crippen LogP contribution in [-0.4, -0.2) is 43.8 Å². The van der Waals surface area contributed by atoms with Gasteiger partial charge in [0, 0.05) is 13.1 Å². The molecule has 0 radical (unpaired) electrons. The van der Waals surface area contributed by atoms with Crippen molar-refractivity contribution in [3.63, 3.8) is 0 Å². The molecule has 1 aromatic heterocycles. The number of methoxy groups -OCH3 is 2. The van der Waals surface area contributed by atoms with E-state index in [1.807, 2.05) is 0 Å². The minimum atomic E-state index is 0.139. The summed E-state index contributed by atoms with van der Waals surface area (Å²) in [4.78, 5) is 10.8. The maximum absolute atomic E-state index is 5.80. The van der Waals surface area contributed by atoms with Crippen molar-refractivity contribution < 1.29 is 9.47 Å². The van der Waals surface area contributed by atoms with E-state index >= 15 is 0 Å². The highest BCUT2D eigenvalue weighted by molar-refractivity contribution is 5.38. The highest BCUT2D eigenvalue weighted by Gasteiger charge is 2.34. The summed E-state index contributed by atoms with van der Waals surface area (Å²) in [6.07, 6.45) is 1.05. The normalized spacial score (nSPS) is 23.2. The van der Waals surface area contributed by atoms with Gasteiger partial charge in [-0.3, -0.25) is 0 Å². The largest absolute Gasteiger partial charge is 0.481 e. The molecular weight excluding hydrogens is 232 g/mol. The van der Waals surface area contributed by atoms with Gasteiger partial charge in [0.15, 0.2) is 0 Å². The molecule has 1 fully saturated rings. The number of ether oxygens (including phenoxy) is 2. The molecule has 100 valence electrons. The van der Waals surface area contributed by atoms with Crippen molar-refractivity contribution in [3.05, 3.63) is 6.07 Å². The Morgan fingerprint density at radius 1 is 1.33 bits per heavy atom. The van der Waals surface area contributed by atoms with Crippen molar-refractivity contribution in [3.8, 4) is 11.8 Å². The number of nitrogens with zero attached hydrogens (tertiary/aromatic N) is 3. The lowest BCUT2D eigenvalue weighted by molar-refractivity contribution is 0.369. The molecule has 1 unspecified atom stereocenters. The van der Waals surface area contributed by atoms with Crippen molar-refractivity contribution in [2.45, 2.75) is 13.3 Å². The number of anilines is 1. The molecule has 1 aliphatic heterocycles. The molecule has 6 nitrogen and oxygen atoms in total. The Balaban J connectivity index is 2.23. The Labute approximate surface area is 107 Å². The van der Waals surface area contributed by atoms with Gasteiger partial charge in [-0.2, -0.15) is 9.97 Å². The minimum Gasteiger partial charge on any atom is -0.481 e. The van der Waals surface area contributed by atoms with E-state index in [2.05, 4.69) is 21.8 Å². The van der Waals surface area contributed by atoms with E-state index in [4.69, 9.17) is 15.2 Å². The van der Waals surface area contributed by atoms with Crippen LogP contribution in [0, 0.1) is 5.41 Å². The lowest BCUT2D eigenvalue weighted by Gasteiger charge is -2.22. The first-order valence-electron chi connectivity index (χ1n) is 6.02. The van der Waals surface area contributed by atoms with Crippen LogP contribution in [0.3, 0.4) is 0 Å². The summed E-state index contributed by atoms with van der Waals surface area (Å²) in [6.45, 7) is 4.62. The molecule has 0 saturated carbocycles. The first-order valence-corrected chi connectivity index (χ1v) is 6.02. The van der Waals surface area contributed by atoms with E-state index < -0.39 is 0 Å². The van der Waals surface area contributed by atoms with Gasteiger partial charge >= 0.3 is 0 Å². The molecule has 1 aromatic rings. The first kappa shape index (κ1) is 12.9. The van der Waals surface area contributed by atoms with Crippen LogP contribution in [0.15, 0.2) is 6.07 Å². The monoisotopic (exact) mass is 252 g/mol. The maximum Gasteiger partial charge on any atom is 0.231 e. The van der Waals surface area contributed by atoms with Gasteiger partial charge in [0.2, 0.25) is 17.7 Å². The van der Waals surface area contributed by atoms with Crippen LogP contribution in [0.25, 0.3) is 0 Å². The molecule has 6 heteroatoms. The lowest BCUT2D eigenvalue weighted by Crippen LogP contribution is -2.32. The van der Waals surface area contributed by atoms with E-state index in [1.165, 1.54) is 0 Å². The number of nitrogens with two attached hydrogens (primary N) is 1. The summed E-state index contributed by atoms with van der Waals surface area (Å²) in [7, 11) is 3.17. The van der Waals surface area contributed by atoms with E-state index in [1.54, 1.807) is 20.3 Å². The van der Waals surface area contributed by atoms with Crippen LogP contribution in [0.4, 0.5) is 5.95 Å². The van der Waals surface area contributed by atoms with Crippen LogP contribution >= 0.6 is 0 Å². The molecule has 18 heavy (non-hydrogen) atoms. The van der Waals surface area contributed by atoms with Crippen LogP contribution in [0.5, 0.6) is 11.8 Å². The molecule has 2 heterocycles. The van der Waals surface area contributed by atoms with Crippen LogP contribution < -0.4 is 20.1 Å². The first-order chi connectivity index (χ1) is 8.60. The summed E-state index contributed by atoms with van der Waals surface area (Å²) in [5, 5.41) is 0. The predicted octanol–water partition coefficient (Wildman–Crippen LogP) is 0.669. The van der Waals surface area contributed by atoms with Gasteiger partial charge in [0.25, 0.3) is 0 Å². The van der Waals surface area contributed by atoms with Gasteiger partial charge in [0.05, 0.1) is 20.3 Å². The van der Waals surface area contributed by atoms with E-state index in [-0.39, 0.29) is 5.41 Å². The SMILES string of the molecule is COc1cc(OC)nc(N2CCC(C)(CN)C2)n1. The van der Waals surface area contributed by atoms with Crippen LogP contribution in [-0.2, 0) is 0 Å².